The summed E-state index contributed by atoms with van der Waals surface area (Å²) in [5.74, 6) is 1.71. The molecule has 1 aromatic carbocycles. The Hall–Kier alpha value is -2.33. The topological polar surface area (TPSA) is 66.2 Å². The van der Waals surface area contributed by atoms with Crippen molar-refractivity contribution in [2.45, 2.75) is 32.4 Å². The molecular formula is C24H33IN6O. The number of benzene rings is 1. The molecule has 7 nitrogen and oxygen atoms in total. The Morgan fingerprint density at radius 3 is 2.62 bits per heavy atom. The highest BCUT2D eigenvalue weighted by Crippen LogP contribution is 2.31. The molecule has 1 unspecified atom stereocenters. The standard InChI is InChI=1S/C24H32N6O.HI/c1-18-9-8-12-23-28-19(17-30(18)23)15-26-24(25-2)27-16-21(29-13-6-7-14-29)20-10-4-5-11-22(20)31-3;/h4-5,8-12,17,21H,6-7,13-16H2,1-3H3,(H2,25,26,27);1H. The number of likely N-dealkylation sites (tertiary alicyclic amines) is 1. The van der Waals surface area contributed by atoms with Crippen LogP contribution in [0.25, 0.3) is 5.65 Å². The fourth-order valence-electron chi connectivity index (χ4n) is 4.30. The van der Waals surface area contributed by atoms with Gasteiger partial charge in [0.15, 0.2) is 5.96 Å². The summed E-state index contributed by atoms with van der Waals surface area (Å²) in [6.07, 6.45) is 4.56. The molecule has 8 heteroatoms. The second kappa shape index (κ2) is 11.5. The van der Waals surface area contributed by atoms with Gasteiger partial charge in [0.05, 0.1) is 25.4 Å². The van der Waals surface area contributed by atoms with E-state index in [0.29, 0.717) is 6.54 Å². The van der Waals surface area contributed by atoms with Gasteiger partial charge in [-0.25, -0.2) is 4.98 Å². The smallest absolute Gasteiger partial charge is 0.191 e. The van der Waals surface area contributed by atoms with Gasteiger partial charge in [-0.15, -0.1) is 24.0 Å². The zero-order valence-electron chi connectivity index (χ0n) is 19.0. The average Bonchev–Trinajstić information content (AvgIpc) is 3.47. The number of halogens is 1. The highest BCUT2D eigenvalue weighted by molar-refractivity contribution is 14.0. The van der Waals surface area contributed by atoms with Crippen molar-refractivity contribution in [1.29, 1.82) is 0 Å². The number of aryl methyl sites for hydroxylation is 1. The predicted octanol–water partition coefficient (Wildman–Crippen LogP) is 3.77. The molecule has 0 aliphatic carbocycles. The van der Waals surface area contributed by atoms with Crippen LogP contribution in [0.15, 0.2) is 53.7 Å². The number of aromatic nitrogens is 2. The Balaban J connectivity index is 0.00000289. The second-order valence-electron chi connectivity index (χ2n) is 7.94. The van der Waals surface area contributed by atoms with Gasteiger partial charge in [0.25, 0.3) is 0 Å². The van der Waals surface area contributed by atoms with Crippen LogP contribution >= 0.6 is 24.0 Å². The van der Waals surface area contributed by atoms with Crippen molar-refractivity contribution in [1.82, 2.24) is 24.9 Å². The number of para-hydroxylation sites is 1. The fraction of sp³-hybridized carbons (Fsp3) is 0.417. The lowest BCUT2D eigenvalue weighted by Crippen LogP contribution is -2.42. The molecule has 0 bridgehead atoms. The summed E-state index contributed by atoms with van der Waals surface area (Å²) in [7, 11) is 3.54. The molecule has 0 amide bonds. The number of nitrogens with one attached hydrogen (secondary N) is 2. The van der Waals surface area contributed by atoms with E-state index in [9.17, 15) is 0 Å². The molecule has 0 radical (unpaired) electrons. The van der Waals surface area contributed by atoms with Gasteiger partial charge >= 0.3 is 0 Å². The Kier molecular flexibility index (Phi) is 8.75. The average molecular weight is 548 g/mol. The molecule has 2 aromatic heterocycles. The number of nitrogens with zero attached hydrogens (tertiary/aromatic N) is 4. The van der Waals surface area contributed by atoms with Crippen molar-refractivity contribution < 1.29 is 4.74 Å². The van der Waals surface area contributed by atoms with Gasteiger partial charge in [0.1, 0.15) is 11.4 Å². The summed E-state index contributed by atoms with van der Waals surface area (Å²) < 4.78 is 7.76. The van der Waals surface area contributed by atoms with Gasteiger partial charge in [-0.1, -0.05) is 24.3 Å². The van der Waals surface area contributed by atoms with Crippen LogP contribution in [-0.2, 0) is 6.54 Å². The van der Waals surface area contributed by atoms with E-state index in [1.54, 1.807) is 14.2 Å². The highest BCUT2D eigenvalue weighted by atomic mass is 127. The van der Waals surface area contributed by atoms with Crippen LogP contribution in [0, 0.1) is 6.92 Å². The van der Waals surface area contributed by atoms with Gasteiger partial charge in [0.2, 0.25) is 0 Å². The maximum absolute atomic E-state index is 5.65. The maximum atomic E-state index is 5.65. The third kappa shape index (κ3) is 5.53. The summed E-state index contributed by atoms with van der Waals surface area (Å²) in [5, 5.41) is 6.92. The SMILES string of the molecule is CN=C(NCc1cn2c(C)cccc2n1)NCC(c1ccccc1OC)N1CCCC1.I. The van der Waals surface area contributed by atoms with Crippen molar-refractivity contribution >= 4 is 35.6 Å². The number of fused-ring (bicyclic) bond motifs is 1. The van der Waals surface area contributed by atoms with Gasteiger partial charge in [-0.2, -0.15) is 0 Å². The minimum atomic E-state index is 0. The van der Waals surface area contributed by atoms with E-state index in [2.05, 4.69) is 56.2 Å². The fourth-order valence-corrected chi connectivity index (χ4v) is 4.30. The number of methoxy groups -OCH3 is 1. The largest absolute Gasteiger partial charge is 0.496 e. The predicted molar refractivity (Wildman–Crippen MR) is 140 cm³/mol. The lowest BCUT2D eigenvalue weighted by atomic mass is 10.0. The van der Waals surface area contributed by atoms with E-state index in [1.807, 2.05) is 24.3 Å². The monoisotopic (exact) mass is 548 g/mol. The lowest BCUT2D eigenvalue weighted by molar-refractivity contribution is 0.239. The molecule has 1 fully saturated rings. The molecule has 3 heterocycles. The molecular weight excluding hydrogens is 515 g/mol. The molecule has 1 aliphatic rings. The van der Waals surface area contributed by atoms with E-state index in [1.165, 1.54) is 24.1 Å². The Labute approximate surface area is 207 Å². The van der Waals surface area contributed by atoms with E-state index in [-0.39, 0.29) is 30.0 Å². The van der Waals surface area contributed by atoms with Gasteiger partial charge < -0.3 is 19.8 Å². The second-order valence-corrected chi connectivity index (χ2v) is 7.94. The summed E-state index contributed by atoms with van der Waals surface area (Å²) >= 11 is 0. The molecule has 0 saturated carbocycles. The highest BCUT2D eigenvalue weighted by Gasteiger charge is 2.26. The molecule has 1 saturated heterocycles. The van der Waals surface area contributed by atoms with Gasteiger partial charge in [0, 0.05) is 31.0 Å². The minimum absolute atomic E-state index is 0. The third-order valence-corrected chi connectivity index (χ3v) is 5.95. The first-order valence-corrected chi connectivity index (χ1v) is 10.9. The van der Waals surface area contributed by atoms with Crippen LogP contribution in [0.3, 0.4) is 0 Å². The van der Waals surface area contributed by atoms with Crippen molar-refractivity contribution in [3.05, 3.63) is 65.6 Å². The third-order valence-electron chi connectivity index (χ3n) is 5.95. The molecule has 1 atom stereocenters. The number of hydrogen-bond acceptors (Lipinski definition) is 4. The maximum Gasteiger partial charge on any atom is 0.191 e. The summed E-state index contributed by atoms with van der Waals surface area (Å²) in [5.41, 5.74) is 4.33. The minimum Gasteiger partial charge on any atom is -0.496 e. The molecule has 4 rings (SSSR count). The first kappa shape index (κ1) is 24.3. The Bertz CT molecular complexity index is 1040. The Morgan fingerprint density at radius 2 is 1.91 bits per heavy atom. The van der Waals surface area contributed by atoms with E-state index < -0.39 is 0 Å². The normalized spacial score (nSPS) is 15.4. The number of guanidine groups is 1. The van der Waals surface area contributed by atoms with Crippen LogP contribution in [0.2, 0.25) is 0 Å². The summed E-state index contributed by atoms with van der Waals surface area (Å²) in [4.78, 5) is 11.7. The van der Waals surface area contributed by atoms with Crippen LogP contribution in [0.1, 0.15) is 35.8 Å². The number of imidazole rings is 1. The van der Waals surface area contributed by atoms with Crippen molar-refractivity contribution in [3.63, 3.8) is 0 Å². The number of rotatable bonds is 7. The van der Waals surface area contributed by atoms with Crippen molar-refractivity contribution in [2.75, 3.05) is 33.8 Å². The number of pyridine rings is 1. The summed E-state index contributed by atoms with van der Waals surface area (Å²) in [6.45, 7) is 5.67. The van der Waals surface area contributed by atoms with E-state index in [0.717, 1.165) is 42.7 Å². The van der Waals surface area contributed by atoms with Crippen LogP contribution < -0.4 is 15.4 Å². The van der Waals surface area contributed by atoms with Crippen molar-refractivity contribution in [3.8, 4) is 5.75 Å². The molecule has 1 aliphatic heterocycles. The number of ether oxygens (including phenoxy) is 1. The van der Waals surface area contributed by atoms with E-state index in [4.69, 9.17) is 9.72 Å². The first-order valence-electron chi connectivity index (χ1n) is 10.9. The molecule has 3 aromatic rings. The van der Waals surface area contributed by atoms with Crippen LogP contribution in [-0.4, -0.2) is 54.0 Å². The summed E-state index contributed by atoms with van der Waals surface area (Å²) in [6, 6.07) is 14.7. The van der Waals surface area contributed by atoms with Crippen LogP contribution in [0.5, 0.6) is 5.75 Å². The zero-order valence-corrected chi connectivity index (χ0v) is 21.4. The number of aliphatic imine (C=N–C) groups is 1. The van der Waals surface area contributed by atoms with E-state index >= 15 is 0 Å². The molecule has 0 spiro atoms. The quantitative estimate of drug-likeness (QED) is 0.268. The van der Waals surface area contributed by atoms with Gasteiger partial charge in [-0.05, 0) is 51.1 Å². The van der Waals surface area contributed by atoms with Crippen LogP contribution in [0.4, 0.5) is 0 Å². The molecule has 2 N–H and O–H groups in total. The first-order chi connectivity index (χ1) is 15.2. The molecule has 172 valence electrons. The Morgan fingerprint density at radius 1 is 1.12 bits per heavy atom. The number of hydrogen-bond donors (Lipinski definition) is 2. The molecule has 32 heavy (non-hydrogen) atoms. The van der Waals surface area contributed by atoms with Crippen molar-refractivity contribution in [2.24, 2.45) is 4.99 Å². The zero-order chi connectivity index (χ0) is 21.6. The lowest BCUT2D eigenvalue weighted by Gasteiger charge is -2.30. The van der Waals surface area contributed by atoms with Gasteiger partial charge in [-0.3, -0.25) is 9.89 Å².